The van der Waals surface area contributed by atoms with E-state index in [9.17, 15) is 14.4 Å². The van der Waals surface area contributed by atoms with Crippen molar-refractivity contribution in [2.45, 2.75) is 23.8 Å². The molecular formula is C31H22Cl2IN3O4. The van der Waals surface area contributed by atoms with Crippen molar-refractivity contribution in [3.05, 3.63) is 121 Å². The zero-order valence-corrected chi connectivity index (χ0v) is 25.0. The number of hydrogen-bond acceptors (Lipinski definition) is 4. The third kappa shape index (κ3) is 4.83. The molecule has 206 valence electrons. The van der Waals surface area contributed by atoms with Gasteiger partial charge in [0.2, 0.25) is 17.7 Å². The maximum absolute atomic E-state index is 14.3. The molecule has 2 heterocycles. The molecule has 41 heavy (non-hydrogen) atoms. The first-order valence-corrected chi connectivity index (χ1v) is 14.5. The number of fused-ring (bicyclic) bond motifs is 2. The number of carbonyl (C=O) groups is 3. The summed E-state index contributed by atoms with van der Waals surface area (Å²) >= 11 is 14.9. The summed E-state index contributed by atoms with van der Waals surface area (Å²) in [5, 5.41) is 7.16. The molecule has 0 aromatic heterocycles. The lowest BCUT2D eigenvalue weighted by atomic mass is 9.59. The topological polar surface area (TPSA) is 111 Å². The van der Waals surface area contributed by atoms with Crippen molar-refractivity contribution in [1.82, 2.24) is 5.32 Å². The number of nitrogens with two attached hydrogens (primary N) is 1. The van der Waals surface area contributed by atoms with E-state index in [0.29, 0.717) is 38.4 Å². The van der Waals surface area contributed by atoms with Crippen molar-refractivity contribution in [3.63, 3.8) is 0 Å². The highest BCUT2D eigenvalue weighted by Crippen LogP contribution is 2.58. The first-order valence-electron chi connectivity index (χ1n) is 12.7. The fraction of sp³-hybridized carbons (Fsp3) is 0.129. The van der Waals surface area contributed by atoms with Crippen molar-refractivity contribution >= 4 is 69.2 Å². The van der Waals surface area contributed by atoms with E-state index in [1.165, 1.54) is 0 Å². The lowest BCUT2D eigenvalue weighted by Gasteiger charge is -2.46. The molecule has 0 aliphatic carbocycles. The lowest BCUT2D eigenvalue weighted by molar-refractivity contribution is -0.131. The maximum Gasteiger partial charge on any atom is 0.248 e. The van der Waals surface area contributed by atoms with Crippen LogP contribution in [0.25, 0.3) is 0 Å². The molecule has 0 bridgehead atoms. The Morgan fingerprint density at radius 2 is 1.71 bits per heavy atom. The molecule has 1 fully saturated rings. The fourth-order valence-electron chi connectivity index (χ4n) is 5.92. The smallest absolute Gasteiger partial charge is 0.248 e. The molecule has 3 unspecified atom stereocenters. The average molecular weight is 698 g/mol. The van der Waals surface area contributed by atoms with E-state index in [4.69, 9.17) is 33.7 Å². The number of halogens is 3. The molecule has 1 saturated heterocycles. The van der Waals surface area contributed by atoms with Crippen LogP contribution in [0, 0.1) is 3.57 Å². The summed E-state index contributed by atoms with van der Waals surface area (Å²) < 4.78 is 7.20. The minimum atomic E-state index is -1.25. The van der Waals surface area contributed by atoms with Crippen LogP contribution in [0.15, 0.2) is 84.9 Å². The monoisotopic (exact) mass is 697 g/mol. The van der Waals surface area contributed by atoms with Gasteiger partial charge < -0.3 is 21.1 Å². The summed E-state index contributed by atoms with van der Waals surface area (Å²) in [6.45, 7) is 0. The highest BCUT2D eigenvalue weighted by molar-refractivity contribution is 14.1. The van der Waals surface area contributed by atoms with Crippen molar-refractivity contribution in [1.29, 1.82) is 0 Å². The van der Waals surface area contributed by atoms with Gasteiger partial charge in [0, 0.05) is 42.8 Å². The van der Waals surface area contributed by atoms with Gasteiger partial charge in [-0.1, -0.05) is 41.4 Å². The van der Waals surface area contributed by atoms with Crippen LogP contribution >= 0.6 is 45.8 Å². The Bertz CT molecular complexity index is 1730. The Morgan fingerprint density at radius 3 is 2.44 bits per heavy atom. The molecular weight excluding hydrogens is 676 g/mol. The molecule has 7 nitrogen and oxygen atoms in total. The van der Waals surface area contributed by atoms with Crippen molar-refractivity contribution < 1.29 is 19.1 Å². The predicted molar refractivity (Wildman–Crippen MR) is 166 cm³/mol. The van der Waals surface area contributed by atoms with E-state index in [0.717, 1.165) is 14.7 Å². The zero-order chi connectivity index (χ0) is 28.9. The van der Waals surface area contributed by atoms with E-state index >= 15 is 0 Å². The molecule has 0 saturated carbocycles. The third-order valence-electron chi connectivity index (χ3n) is 7.65. The minimum absolute atomic E-state index is 0.0705. The molecule has 10 heteroatoms. The van der Waals surface area contributed by atoms with Gasteiger partial charge in [0.15, 0.2) is 0 Å². The number of nitrogens with one attached hydrogen (secondary N) is 2. The number of anilines is 1. The van der Waals surface area contributed by atoms with Gasteiger partial charge in [0.05, 0.1) is 6.04 Å². The Kier molecular flexibility index (Phi) is 7.17. The summed E-state index contributed by atoms with van der Waals surface area (Å²) in [4.78, 5) is 39.3. The van der Waals surface area contributed by atoms with Gasteiger partial charge in [-0.15, -0.1) is 0 Å². The maximum atomic E-state index is 14.3. The van der Waals surface area contributed by atoms with E-state index in [-0.39, 0.29) is 18.2 Å². The normalized spacial score (nSPS) is 21.2. The van der Waals surface area contributed by atoms with Crippen LogP contribution in [0.1, 0.15) is 45.4 Å². The number of amides is 3. The van der Waals surface area contributed by atoms with Gasteiger partial charge in [-0.2, -0.15) is 0 Å². The molecule has 4 N–H and O–H groups in total. The second kappa shape index (κ2) is 10.7. The number of piperidine rings is 1. The molecule has 1 spiro atoms. The van der Waals surface area contributed by atoms with Crippen LogP contribution in [0.2, 0.25) is 10.0 Å². The van der Waals surface area contributed by atoms with Crippen LogP contribution in [-0.2, 0) is 15.0 Å². The van der Waals surface area contributed by atoms with Crippen LogP contribution in [0.5, 0.6) is 11.5 Å². The molecule has 3 amide bonds. The third-order valence-corrected chi connectivity index (χ3v) is 8.79. The quantitative estimate of drug-likeness (QED) is 0.201. The minimum Gasteiger partial charge on any atom is -0.457 e. The number of carbonyl (C=O) groups excluding carboxylic acids is 3. The summed E-state index contributed by atoms with van der Waals surface area (Å²) in [7, 11) is 0. The lowest BCUT2D eigenvalue weighted by Crippen LogP contribution is -2.56. The Balaban J connectivity index is 1.56. The second-order valence-electron chi connectivity index (χ2n) is 10.00. The molecule has 2 aliphatic rings. The van der Waals surface area contributed by atoms with Gasteiger partial charge in [-0.3, -0.25) is 14.4 Å². The van der Waals surface area contributed by atoms with Crippen molar-refractivity contribution in [2.24, 2.45) is 5.73 Å². The first kappa shape index (κ1) is 27.6. The Hall–Kier alpha value is -3.60. The number of benzene rings is 4. The molecule has 3 atom stereocenters. The average Bonchev–Trinajstić information content (AvgIpc) is 3.22. The molecule has 6 rings (SSSR count). The van der Waals surface area contributed by atoms with Gasteiger partial charge in [-0.05, 0) is 100 Å². The highest BCUT2D eigenvalue weighted by Gasteiger charge is 2.61. The fourth-order valence-corrected chi connectivity index (χ4v) is 6.81. The van der Waals surface area contributed by atoms with Gasteiger partial charge in [0.25, 0.3) is 0 Å². The van der Waals surface area contributed by atoms with E-state index in [1.807, 2.05) is 30.3 Å². The van der Waals surface area contributed by atoms with Crippen LogP contribution in [0.4, 0.5) is 5.69 Å². The van der Waals surface area contributed by atoms with Crippen molar-refractivity contribution in [2.75, 3.05) is 5.32 Å². The number of ether oxygens (including phenoxy) is 1. The molecule has 2 aliphatic heterocycles. The van der Waals surface area contributed by atoms with Gasteiger partial charge in [0.1, 0.15) is 16.9 Å². The molecule has 4 aromatic carbocycles. The second-order valence-corrected chi connectivity index (χ2v) is 12.1. The number of primary amides is 1. The van der Waals surface area contributed by atoms with Crippen molar-refractivity contribution in [3.8, 4) is 11.5 Å². The van der Waals surface area contributed by atoms with E-state index < -0.39 is 23.3 Å². The molecule has 4 aromatic rings. The largest absolute Gasteiger partial charge is 0.457 e. The highest BCUT2D eigenvalue weighted by atomic mass is 127. The zero-order valence-electron chi connectivity index (χ0n) is 21.3. The van der Waals surface area contributed by atoms with Gasteiger partial charge >= 0.3 is 0 Å². The predicted octanol–water partition coefficient (Wildman–Crippen LogP) is 6.72. The van der Waals surface area contributed by atoms with Gasteiger partial charge in [-0.25, -0.2) is 0 Å². The Labute approximate surface area is 259 Å². The van der Waals surface area contributed by atoms with E-state index in [1.54, 1.807) is 54.6 Å². The summed E-state index contributed by atoms with van der Waals surface area (Å²) in [5.74, 6) is -0.664. The summed E-state index contributed by atoms with van der Waals surface area (Å²) in [6, 6.07) is 23.8. The number of hydrogen-bond donors (Lipinski definition) is 3. The first-order chi connectivity index (χ1) is 19.7. The van der Waals surface area contributed by atoms with Crippen LogP contribution < -0.4 is 21.1 Å². The summed E-state index contributed by atoms with van der Waals surface area (Å²) in [6.07, 6.45) is 0.0705. The standard InChI is InChI=1S/C31H22Cl2IN3O4/c32-18-3-1-2-17(12-18)24-15-27(38)37-28(31(24)23-10-6-19(33)13-25(23)36-30(31)40)22-14-20(34)7-11-26(22)41-21-8-4-16(5-9-21)29(35)39/h1-14,24,28H,15H2,(H2,35,39)(H,36,40)(H,37,38). The summed E-state index contributed by atoms with van der Waals surface area (Å²) in [5.41, 5.74) is 7.18. The molecule has 0 radical (unpaired) electrons. The van der Waals surface area contributed by atoms with E-state index in [2.05, 4.69) is 33.2 Å². The SMILES string of the molecule is NC(=O)c1ccc(Oc2ccc(I)cc2C2NC(=O)CC(c3cccc(Cl)c3)C23C(=O)Nc2cc(Cl)ccc23)cc1. The van der Waals surface area contributed by atoms with Crippen LogP contribution in [-0.4, -0.2) is 17.7 Å². The Morgan fingerprint density at radius 1 is 0.951 bits per heavy atom. The van der Waals surface area contributed by atoms with Crippen LogP contribution in [0.3, 0.4) is 0 Å². The number of rotatable bonds is 5.